The fourth-order valence-corrected chi connectivity index (χ4v) is 2.44. The maximum absolute atomic E-state index is 8.82. The lowest BCUT2D eigenvalue weighted by molar-refractivity contribution is 0.316. The molecule has 1 aromatic carbocycles. The average Bonchev–Trinajstić information content (AvgIpc) is 2.82. The Kier molecular flexibility index (Phi) is 2.84. The highest BCUT2D eigenvalue weighted by Gasteiger charge is 2.19. The molecule has 2 aromatic rings. The number of oxime groups is 1. The molecule has 4 nitrogen and oxygen atoms in total. The Balaban J connectivity index is 1.86. The van der Waals surface area contributed by atoms with Crippen LogP contribution in [0.2, 0.25) is 0 Å². The molecule has 1 N–H and O–H groups in total. The van der Waals surface area contributed by atoms with E-state index in [1.165, 1.54) is 16.8 Å². The number of fused-ring (bicyclic) bond motifs is 1. The normalized spacial score (nSPS) is 16.8. The second-order valence-electron chi connectivity index (χ2n) is 4.60. The second-order valence-corrected chi connectivity index (χ2v) is 4.60. The monoisotopic (exact) mass is 241 g/mol. The maximum atomic E-state index is 8.82. The van der Waals surface area contributed by atoms with Crippen LogP contribution >= 0.6 is 0 Å². The average molecular weight is 241 g/mol. The quantitative estimate of drug-likeness (QED) is 0.647. The minimum atomic E-state index is 0.723. The zero-order valence-corrected chi connectivity index (χ0v) is 10.1. The number of nitrogens with zero attached hydrogens (tertiary/aromatic N) is 3. The molecule has 18 heavy (non-hydrogen) atoms. The van der Waals surface area contributed by atoms with Crippen molar-refractivity contribution >= 4 is 5.71 Å². The van der Waals surface area contributed by atoms with E-state index in [0.717, 1.165) is 31.5 Å². The molecular formula is C14H15N3O. The third kappa shape index (κ3) is 2.01. The molecule has 0 amide bonds. The largest absolute Gasteiger partial charge is 0.411 e. The third-order valence-electron chi connectivity index (χ3n) is 3.40. The van der Waals surface area contributed by atoms with Crippen molar-refractivity contribution in [2.75, 3.05) is 0 Å². The Morgan fingerprint density at radius 2 is 2.06 bits per heavy atom. The minimum absolute atomic E-state index is 0.723. The summed E-state index contributed by atoms with van der Waals surface area (Å²) in [5.41, 5.74) is 4.56. The molecule has 0 radical (unpaired) electrons. The molecule has 4 heteroatoms. The van der Waals surface area contributed by atoms with E-state index in [1.807, 2.05) is 24.4 Å². The molecule has 1 aliphatic carbocycles. The highest BCUT2D eigenvalue weighted by Crippen LogP contribution is 2.20. The Morgan fingerprint density at radius 3 is 2.83 bits per heavy atom. The van der Waals surface area contributed by atoms with Gasteiger partial charge in [-0.3, -0.25) is 4.68 Å². The number of hydrogen-bond donors (Lipinski definition) is 1. The summed E-state index contributed by atoms with van der Waals surface area (Å²) < 4.78 is 2.05. The topological polar surface area (TPSA) is 50.4 Å². The lowest BCUT2D eigenvalue weighted by Crippen LogP contribution is -2.16. The summed E-state index contributed by atoms with van der Waals surface area (Å²) in [5.74, 6) is 0. The molecule has 0 aliphatic heterocycles. The van der Waals surface area contributed by atoms with E-state index in [4.69, 9.17) is 5.21 Å². The van der Waals surface area contributed by atoms with Crippen molar-refractivity contribution in [1.29, 1.82) is 0 Å². The van der Waals surface area contributed by atoms with E-state index in [-0.39, 0.29) is 0 Å². The van der Waals surface area contributed by atoms with Crippen LogP contribution in [0.3, 0.4) is 0 Å². The van der Waals surface area contributed by atoms with E-state index in [0.29, 0.717) is 0 Å². The summed E-state index contributed by atoms with van der Waals surface area (Å²) in [7, 11) is 0. The number of rotatable bonds is 2. The summed E-state index contributed by atoms with van der Waals surface area (Å²) in [5, 5.41) is 16.6. The van der Waals surface area contributed by atoms with Gasteiger partial charge in [0.25, 0.3) is 0 Å². The first-order valence-electron chi connectivity index (χ1n) is 6.14. The molecule has 1 aliphatic rings. The first-order valence-corrected chi connectivity index (χ1v) is 6.14. The smallest absolute Gasteiger partial charge is 0.0662 e. The second kappa shape index (κ2) is 4.64. The highest BCUT2D eigenvalue weighted by molar-refractivity contribution is 5.87. The van der Waals surface area contributed by atoms with Crippen LogP contribution in [0.5, 0.6) is 0 Å². The van der Waals surface area contributed by atoms with E-state index < -0.39 is 0 Å². The number of benzene rings is 1. The van der Waals surface area contributed by atoms with Gasteiger partial charge in [0, 0.05) is 12.1 Å². The van der Waals surface area contributed by atoms with Crippen molar-refractivity contribution in [3.05, 3.63) is 53.3 Å². The van der Waals surface area contributed by atoms with Crippen LogP contribution in [-0.4, -0.2) is 20.7 Å². The Labute approximate surface area is 106 Å². The van der Waals surface area contributed by atoms with Crippen molar-refractivity contribution in [3.63, 3.8) is 0 Å². The highest BCUT2D eigenvalue weighted by atomic mass is 16.4. The third-order valence-corrected chi connectivity index (χ3v) is 3.40. The zero-order chi connectivity index (χ0) is 12.4. The maximum Gasteiger partial charge on any atom is 0.0662 e. The van der Waals surface area contributed by atoms with E-state index in [2.05, 4.69) is 27.1 Å². The van der Waals surface area contributed by atoms with Crippen molar-refractivity contribution < 1.29 is 5.21 Å². The summed E-state index contributed by atoms with van der Waals surface area (Å²) in [6.07, 6.45) is 4.34. The molecule has 0 fully saturated rings. The van der Waals surface area contributed by atoms with Crippen molar-refractivity contribution in [2.24, 2.45) is 5.16 Å². The summed E-state index contributed by atoms with van der Waals surface area (Å²) in [4.78, 5) is 0. The predicted molar refractivity (Wildman–Crippen MR) is 69.0 cm³/mol. The number of hydrogen-bond acceptors (Lipinski definition) is 3. The van der Waals surface area contributed by atoms with Crippen LogP contribution in [0, 0.1) is 0 Å². The van der Waals surface area contributed by atoms with Gasteiger partial charge < -0.3 is 5.21 Å². The molecule has 0 saturated heterocycles. The van der Waals surface area contributed by atoms with Gasteiger partial charge in [-0.2, -0.15) is 5.10 Å². The fraction of sp³-hybridized carbons (Fsp3) is 0.286. The van der Waals surface area contributed by atoms with Crippen LogP contribution in [-0.2, 0) is 19.4 Å². The SMILES string of the molecule is O/N=C1\CCc2c(cnn2Cc2ccccc2)C1. The fourth-order valence-electron chi connectivity index (χ4n) is 2.44. The van der Waals surface area contributed by atoms with E-state index in [9.17, 15) is 0 Å². The van der Waals surface area contributed by atoms with Gasteiger partial charge in [0.15, 0.2) is 0 Å². The standard InChI is InChI=1S/C14H15N3O/c18-16-13-6-7-14-12(8-13)9-15-17(14)10-11-4-2-1-3-5-11/h1-5,9,18H,6-8,10H2/b16-13+. The summed E-state index contributed by atoms with van der Waals surface area (Å²) in [6, 6.07) is 10.3. The van der Waals surface area contributed by atoms with Gasteiger partial charge in [-0.05, 0) is 24.0 Å². The first kappa shape index (κ1) is 11.0. The molecule has 1 heterocycles. The van der Waals surface area contributed by atoms with Crippen LogP contribution in [0.1, 0.15) is 23.2 Å². The summed E-state index contributed by atoms with van der Waals surface area (Å²) >= 11 is 0. The van der Waals surface area contributed by atoms with Crippen molar-refractivity contribution in [1.82, 2.24) is 9.78 Å². The molecule has 0 atom stereocenters. The molecule has 3 rings (SSSR count). The van der Waals surface area contributed by atoms with Crippen LogP contribution < -0.4 is 0 Å². The van der Waals surface area contributed by atoms with Gasteiger partial charge in [0.2, 0.25) is 0 Å². The van der Waals surface area contributed by atoms with Gasteiger partial charge in [-0.15, -0.1) is 0 Å². The van der Waals surface area contributed by atoms with Gasteiger partial charge in [0.1, 0.15) is 0 Å². The van der Waals surface area contributed by atoms with Crippen LogP contribution in [0.4, 0.5) is 0 Å². The number of aromatic nitrogens is 2. The Morgan fingerprint density at radius 1 is 1.22 bits per heavy atom. The molecular weight excluding hydrogens is 226 g/mol. The van der Waals surface area contributed by atoms with Crippen LogP contribution in [0.25, 0.3) is 0 Å². The van der Waals surface area contributed by atoms with Gasteiger partial charge in [0.05, 0.1) is 18.5 Å². The van der Waals surface area contributed by atoms with E-state index in [1.54, 1.807) is 0 Å². The van der Waals surface area contributed by atoms with Crippen molar-refractivity contribution in [3.8, 4) is 0 Å². The van der Waals surface area contributed by atoms with Crippen LogP contribution in [0.15, 0.2) is 41.7 Å². The zero-order valence-electron chi connectivity index (χ0n) is 10.1. The molecule has 0 bridgehead atoms. The first-order chi connectivity index (χ1) is 8.86. The molecule has 0 spiro atoms. The lowest BCUT2D eigenvalue weighted by atomic mass is 9.96. The van der Waals surface area contributed by atoms with Gasteiger partial charge in [-0.25, -0.2) is 0 Å². The minimum Gasteiger partial charge on any atom is -0.411 e. The van der Waals surface area contributed by atoms with Crippen molar-refractivity contribution in [2.45, 2.75) is 25.8 Å². The predicted octanol–water partition coefficient (Wildman–Crippen LogP) is 2.25. The Hall–Kier alpha value is -2.10. The van der Waals surface area contributed by atoms with E-state index >= 15 is 0 Å². The Bertz CT molecular complexity index is 572. The molecule has 1 aromatic heterocycles. The molecule has 92 valence electrons. The molecule has 0 unspecified atom stereocenters. The molecule has 0 saturated carbocycles. The summed E-state index contributed by atoms with van der Waals surface area (Å²) in [6.45, 7) is 0.807. The van der Waals surface area contributed by atoms with Gasteiger partial charge >= 0.3 is 0 Å². The lowest BCUT2D eigenvalue weighted by Gasteiger charge is -2.15. The van der Waals surface area contributed by atoms with Gasteiger partial charge in [-0.1, -0.05) is 35.5 Å².